The molecule has 2 radical (unpaired) electrons. The standard InChI is InChI=1S/4CO.3CH3.Co.Sn/c4*1-2;;;;;/h;;;;3*1H3;;. The van der Waals surface area contributed by atoms with Crippen LogP contribution in [-0.4, -0.2) is 19.8 Å². The molecule has 0 heterocycles. The molecule has 0 atom stereocenters. The molecule has 0 aromatic carbocycles. The van der Waals surface area contributed by atoms with Gasteiger partial charge in [-0.25, -0.2) is 0 Å². The summed E-state index contributed by atoms with van der Waals surface area (Å²) in [4.78, 5) is 7.09. The Labute approximate surface area is 96.3 Å². The van der Waals surface area contributed by atoms with Gasteiger partial charge in [0.1, 0.15) is 0 Å². The zero-order valence-corrected chi connectivity index (χ0v) is 11.4. The minimum atomic E-state index is -0.543. The molecule has 0 aliphatic rings. The third kappa shape index (κ3) is 18400. The van der Waals surface area contributed by atoms with Crippen molar-refractivity contribution in [2.24, 2.45) is 0 Å². The maximum absolute atomic E-state index is 7.50. The normalized spacial score (nSPS) is 3.38. The Morgan fingerprint density at radius 2 is 0.615 bits per heavy atom. The van der Waals surface area contributed by atoms with Crippen molar-refractivity contribution in [2.75, 3.05) is 0 Å². The summed E-state index contributed by atoms with van der Waals surface area (Å²) in [6.07, 6.45) is 0. The molecule has 0 amide bonds. The minimum Gasteiger partial charge on any atom is 0 e. The molecule has 0 aliphatic carbocycles. The fourth-order valence-corrected chi connectivity index (χ4v) is 0. The van der Waals surface area contributed by atoms with Crippen LogP contribution in [0.25, 0.3) is 0 Å². The quantitative estimate of drug-likeness (QED) is 0.363. The van der Waals surface area contributed by atoms with E-state index in [1.54, 1.807) is 0 Å². The van der Waals surface area contributed by atoms with E-state index in [9.17, 15) is 0 Å². The van der Waals surface area contributed by atoms with Crippen LogP contribution < -0.4 is 0 Å². The van der Waals surface area contributed by atoms with Gasteiger partial charge in [-0.2, -0.15) is 0 Å². The Morgan fingerprint density at radius 3 is 0.615 bits per heavy atom. The van der Waals surface area contributed by atoms with Gasteiger partial charge in [0, 0.05) is 16.8 Å². The van der Waals surface area contributed by atoms with Crippen molar-refractivity contribution in [2.45, 2.75) is 14.8 Å². The van der Waals surface area contributed by atoms with Crippen molar-refractivity contribution in [3.05, 3.63) is 26.6 Å². The summed E-state index contributed by atoms with van der Waals surface area (Å²) in [5.41, 5.74) is 0. The van der Waals surface area contributed by atoms with Crippen LogP contribution >= 0.6 is 0 Å². The van der Waals surface area contributed by atoms with Gasteiger partial charge in [0.2, 0.25) is 0 Å². The van der Waals surface area contributed by atoms with Crippen molar-refractivity contribution in [3.8, 4) is 0 Å². The van der Waals surface area contributed by atoms with E-state index in [0.29, 0.717) is 0 Å². The molecule has 6 heteroatoms. The third-order valence-corrected chi connectivity index (χ3v) is 0. The summed E-state index contributed by atoms with van der Waals surface area (Å²) >= 11 is -0.543. The van der Waals surface area contributed by atoms with Gasteiger partial charge in [-0.3, -0.25) is 0 Å². The van der Waals surface area contributed by atoms with Crippen LogP contribution in [0.2, 0.25) is 14.8 Å². The minimum absolute atomic E-state index is 0. The molecule has 0 aliphatic heterocycles. The molecule has 74 valence electrons. The van der Waals surface area contributed by atoms with E-state index in [1.165, 1.54) is 0 Å². The van der Waals surface area contributed by atoms with Gasteiger partial charge in [-0.1, -0.05) is 0 Å². The van der Waals surface area contributed by atoms with E-state index in [-0.39, 0.29) is 16.8 Å². The molecule has 0 N–H and O–H groups in total. The van der Waals surface area contributed by atoms with Crippen LogP contribution in [0.1, 0.15) is 0 Å². The van der Waals surface area contributed by atoms with Gasteiger partial charge < -0.3 is 0 Å². The van der Waals surface area contributed by atoms with Crippen molar-refractivity contribution in [3.63, 3.8) is 0 Å². The fraction of sp³-hybridized carbons (Fsp3) is 0.429. The van der Waals surface area contributed by atoms with Crippen LogP contribution in [-0.2, 0) is 35.4 Å². The van der Waals surface area contributed by atoms with E-state index in [4.69, 9.17) is 18.6 Å². The Bertz CT molecular complexity index is 89.9. The van der Waals surface area contributed by atoms with Crippen molar-refractivity contribution < 1.29 is 35.4 Å². The monoisotopic (exact) mass is 336 g/mol. The topological polar surface area (TPSA) is 79.6 Å². The molecule has 0 rings (SSSR count). The van der Waals surface area contributed by atoms with Crippen molar-refractivity contribution in [1.29, 1.82) is 0 Å². The van der Waals surface area contributed by atoms with E-state index >= 15 is 0 Å². The molecular formula is C7H9CoO4Sn. The summed E-state index contributed by atoms with van der Waals surface area (Å²) in [7, 11) is 0. The second-order valence-electron chi connectivity index (χ2n) is 1.50. The molecule has 0 aromatic rings. The summed E-state index contributed by atoms with van der Waals surface area (Å²) in [6, 6.07) is 0. The van der Waals surface area contributed by atoms with E-state index in [2.05, 4.69) is 41.4 Å². The first-order chi connectivity index (χ1) is 5.73. The molecule has 0 spiro atoms. The molecule has 0 fully saturated rings. The molecule has 4 nitrogen and oxygen atoms in total. The molecule has 0 aromatic heterocycles. The Kier molecular flexibility index (Phi) is 425. The zero-order chi connectivity index (χ0) is 11.6. The average Bonchev–Trinajstić information content (AvgIpc) is 2.16. The van der Waals surface area contributed by atoms with Gasteiger partial charge >= 0.3 is 79.8 Å². The van der Waals surface area contributed by atoms with Crippen LogP contribution in [0.15, 0.2) is 0 Å². The second-order valence-corrected chi connectivity index (χ2v) is 10.1. The average molecular weight is 335 g/mol. The number of hydrogen-bond donors (Lipinski definition) is 0. The Hall–Kier alpha value is 0.265. The molecule has 13 heavy (non-hydrogen) atoms. The summed E-state index contributed by atoms with van der Waals surface area (Å²) < 4.78 is 30.0. The first-order valence-corrected chi connectivity index (χ1v) is 10.9. The number of hydrogen-bond acceptors (Lipinski definition) is 0. The van der Waals surface area contributed by atoms with Gasteiger partial charge in [0.15, 0.2) is 0 Å². The molecule has 0 unspecified atom stereocenters. The third-order valence-electron chi connectivity index (χ3n) is 0. The molecular weight excluding hydrogens is 326 g/mol. The predicted molar refractivity (Wildman–Crippen MR) is 39.1 cm³/mol. The first-order valence-electron chi connectivity index (χ1n) is 2.32. The van der Waals surface area contributed by atoms with Gasteiger partial charge in [-0.15, -0.1) is 0 Å². The van der Waals surface area contributed by atoms with Gasteiger partial charge in [0.05, 0.1) is 0 Å². The number of rotatable bonds is 0. The molecule has 0 bridgehead atoms. The SMILES string of the molecule is [C-]#[O+].[C-]#[O+].[C-]#[O+].[C-]#[O+].[CH3][Sn]([CH3])[CH3].[Co]. The summed E-state index contributed by atoms with van der Waals surface area (Å²) in [5, 5.41) is 0. The van der Waals surface area contributed by atoms with Crippen molar-refractivity contribution in [1.82, 2.24) is 0 Å². The van der Waals surface area contributed by atoms with E-state index < -0.39 is 19.8 Å². The van der Waals surface area contributed by atoms with Gasteiger partial charge in [0.25, 0.3) is 0 Å². The second kappa shape index (κ2) is 146. The molecule has 0 saturated carbocycles. The summed E-state index contributed by atoms with van der Waals surface area (Å²) in [6.45, 7) is 18.0. The maximum Gasteiger partial charge on any atom is 0 e. The fourth-order valence-electron chi connectivity index (χ4n) is 0. The van der Waals surface area contributed by atoms with Crippen LogP contribution in [0, 0.1) is 26.6 Å². The van der Waals surface area contributed by atoms with Crippen LogP contribution in [0.5, 0.6) is 0 Å². The maximum atomic E-state index is 7.50. The Balaban J connectivity index is -0.0000000122. The van der Waals surface area contributed by atoms with E-state index in [0.717, 1.165) is 0 Å². The smallest absolute Gasteiger partial charge is 0 e. The largest absolute Gasteiger partial charge is 0 e. The zero-order valence-electron chi connectivity index (χ0n) is 7.47. The van der Waals surface area contributed by atoms with Crippen LogP contribution in [0.4, 0.5) is 0 Å². The predicted octanol–water partition coefficient (Wildman–Crippen LogP) is 1.22. The summed E-state index contributed by atoms with van der Waals surface area (Å²) in [5.74, 6) is 0. The Morgan fingerprint density at radius 1 is 0.615 bits per heavy atom. The molecule has 0 saturated heterocycles. The first kappa shape index (κ1) is 37.8. The van der Waals surface area contributed by atoms with E-state index in [1.807, 2.05) is 0 Å². The van der Waals surface area contributed by atoms with Crippen LogP contribution in [0.3, 0.4) is 0 Å². The van der Waals surface area contributed by atoms with Crippen molar-refractivity contribution >= 4 is 19.8 Å². The van der Waals surface area contributed by atoms with Gasteiger partial charge in [-0.05, 0) is 0 Å².